The molecule has 1 atom stereocenters. The number of rotatable bonds is 4. The molecule has 0 bridgehead atoms. The summed E-state index contributed by atoms with van der Waals surface area (Å²) in [6.45, 7) is 6.45. The SMILES string of the molecule is COc1cc2c(cc1OC)C(C)N(Cc1ccc(C)cc1)CC2. The van der Waals surface area contributed by atoms with Crippen molar-refractivity contribution in [1.82, 2.24) is 4.90 Å². The van der Waals surface area contributed by atoms with Crippen molar-refractivity contribution < 1.29 is 9.47 Å². The molecule has 1 heterocycles. The van der Waals surface area contributed by atoms with Gasteiger partial charge in [0.15, 0.2) is 11.5 Å². The van der Waals surface area contributed by atoms with Crippen LogP contribution in [0.5, 0.6) is 11.5 Å². The van der Waals surface area contributed by atoms with Gasteiger partial charge < -0.3 is 9.47 Å². The van der Waals surface area contributed by atoms with E-state index in [4.69, 9.17) is 9.47 Å². The van der Waals surface area contributed by atoms with E-state index in [1.54, 1.807) is 14.2 Å². The minimum Gasteiger partial charge on any atom is -0.493 e. The molecule has 0 aromatic heterocycles. The van der Waals surface area contributed by atoms with Gasteiger partial charge >= 0.3 is 0 Å². The van der Waals surface area contributed by atoms with Crippen LogP contribution in [-0.2, 0) is 13.0 Å². The number of aryl methyl sites for hydroxylation is 1. The second kappa shape index (κ2) is 6.63. The first-order valence-electron chi connectivity index (χ1n) is 8.16. The molecule has 0 fully saturated rings. The Morgan fingerprint density at radius 1 is 1.04 bits per heavy atom. The zero-order valence-electron chi connectivity index (χ0n) is 14.4. The average Bonchev–Trinajstić information content (AvgIpc) is 2.58. The van der Waals surface area contributed by atoms with Crippen molar-refractivity contribution in [3.63, 3.8) is 0 Å². The van der Waals surface area contributed by atoms with Gasteiger partial charge in [-0.05, 0) is 49.1 Å². The molecule has 3 rings (SSSR count). The Hall–Kier alpha value is -2.00. The van der Waals surface area contributed by atoms with Gasteiger partial charge in [0.1, 0.15) is 0 Å². The highest BCUT2D eigenvalue weighted by atomic mass is 16.5. The van der Waals surface area contributed by atoms with E-state index in [0.29, 0.717) is 6.04 Å². The molecule has 0 aliphatic carbocycles. The summed E-state index contributed by atoms with van der Waals surface area (Å²) in [6.07, 6.45) is 1.05. The maximum atomic E-state index is 5.47. The van der Waals surface area contributed by atoms with Gasteiger partial charge in [-0.25, -0.2) is 0 Å². The van der Waals surface area contributed by atoms with Crippen LogP contribution in [0, 0.1) is 6.92 Å². The zero-order chi connectivity index (χ0) is 16.4. The fourth-order valence-corrected chi connectivity index (χ4v) is 3.34. The highest BCUT2D eigenvalue weighted by Gasteiger charge is 2.25. The topological polar surface area (TPSA) is 21.7 Å². The van der Waals surface area contributed by atoms with Crippen molar-refractivity contribution in [1.29, 1.82) is 0 Å². The van der Waals surface area contributed by atoms with Crippen LogP contribution in [0.25, 0.3) is 0 Å². The Kier molecular flexibility index (Phi) is 4.58. The summed E-state index contributed by atoms with van der Waals surface area (Å²) in [5.74, 6) is 1.64. The van der Waals surface area contributed by atoms with Crippen LogP contribution in [0.1, 0.15) is 35.2 Å². The molecule has 0 amide bonds. The normalized spacial score (nSPS) is 17.7. The summed E-state index contributed by atoms with van der Waals surface area (Å²) in [6, 6.07) is 13.5. The van der Waals surface area contributed by atoms with Crippen LogP contribution in [-0.4, -0.2) is 25.7 Å². The predicted octanol–water partition coefficient (Wildman–Crippen LogP) is 4.13. The summed E-state index contributed by atoms with van der Waals surface area (Å²) >= 11 is 0. The number of hydrogen-bond donors (Lipinski definition) is 0. The number of ether oxygens (including phenoxy) is 2. The lowest BCUT2D eigenvalue weighted by molar-refractivity contribution is 0.189. The largest absolute Gasteiger partial charge is 0.493 e. The third-order valence-electron chi connectivity index (χ3n) is 4.82. The number of benzene rings is 2. The van der Waals surface area contributed by atoms with Gasteiger partial charge in [0.25, 0.3) is 0 Å². The number of hydrogen-bond acceptors (Lipinski definition) is 3. The Labute approximate surface area is 138 Å². The summed E-state index contributed by atoms with van der Waals surface area (Å²) in [5.41, 5.74) is 5.39. The second-order valence-electron chi connectivity index (χ2n) is 6.29. The van der Waals surface area contributed by atoms with Crippen molar-refractivity contribution in [2.45, 2.75) is 32.9 Å². The molecule has 1 aliphatic heterocycles. The quantitative estimate of drug-likeness (QED) is 0.847. The first kappa shape index (κ1) is 15.9. The Bertz CT molecular complexity index is 679. The smallest absolute Gasteiger partial charge is 0.161 e. The number of nitrogens with zero attached hydrogens (tertiary/aromatic N) is 1. The van der Waals surface area contributed by atoms with Crippen molar-refractivity contribution in [3.8, 4) is 11.5 Å². The molecule has 2 aromatic carbocycles. The molecule has 0 N–H and O–H groups in total. The monoisotopic (exact) mass is 311 g/mol. The molecule has 1 aliphatic rings. The van der Waals surface area contributed by atoms with E-state index in [2.05, 4.69) is 55.1 Å². The molecule has 1 unspecified atom stereocenters. The standard InChI is InChI=1S/C20H25NO2/c1-14-5-7-16(8-6-14)13-21-10-9-17-11-19(22-3)20(23-4)12-18(17)15(21)2/h5-8,11-12,15H,9-10,13H2,1-4H3. The molecule has 0 radical (unpaired) electrons. The maximum Gasteiger partial charge on any atom is 0.161 e. The van der Waals surface area contributed by atoms with Crippen LogP contribution >= 0.6 is 0 Å². The molecule has 122 valence electrons. The summed E-state index contributed by atoms with van der Waals surface area (Å²) in [7, 11) is 3.39. The highest BCUT2D eigenvalue weighted by molar-refractivity contribution is 5.49. The van der Waals surface area contributed by atoms with E-state index in [1.807, 2.05) is 0 Å². The van der Waals surface area contributed by atoms with Crippen LogP contribution in [0.15, 0.2) is 36.4 Å². The van der Waals surface area contributed by atoms with Gasteiger partial charge in [-0.1, -0.05) is 29.8 Å². The van der Waals surface area contributed by atoms with Gasteiger partial charge in [-0.15, -0.1) is 0 Å². The summed E-state index contributed by atoms with van der Waals surface area (Å²) in [4.78, 5) is 2.53. The summed E-state index contributed by atoms with van der Waals surface area (Å²) in [5, 5.41) is 0. The predicted molar refractivity (Wildman–Crippen MR) is 93.3 cm³/mol. The molecule has 23 heavy (non-hydrogen) atoms. The van der Waals surface area contributed by atoms with Gasteiger partial charge in [0.2, 0.25) is 0 Å². The molecule has 3 nitrogen and oxygen atoms in total. The molecule has 0 spiro atoms. The minimum atomic E-state index is 0.375. The third kappa shape index (κ3) is 3.20. The van der Waals surface area contributed by atoms with E-state index in [0.717, 1.165) is 31.0 Å². The lowest BCUT2D eigenvalue weighted by Crippen LogP contribution is -2.33. The minimum absolute atomic E-state index is 0.375. The fourth-order valence-electron chi connectivity index (χ4n) is 3.34. The Balaban J connectivity index is 1.84. The molecule has 2 aromatic rings. The van der Waals surface area contributed by atoms with E-state index in [1.165, 1.54) is 22.3 Å². The molecular weight excluding hydrogens is 286 g/mol. The van der Waals surface area contributed by atoms with Crippen molar-refractivity contribution in [2.24, 2.45) is 0 Å². The molecule has 0 saturated heterocycles. The van der Waals surface area contributed by atoms with E-state index >= 15 is 0 Å². The van der Waals surface area contributed by atoms with E-state index in [9.17, 15) is 0 Å². The van der Waals surface area contributed by atoms with E-state index in [-0.39, 0.29) is 0 Å². The lowest BCUT2D eigenvalue weighted by Gasteiger charge is -2.35. The second-order valence-corrected chi connectivity index (χ2v) is 6.29. The van der Waals surface area contributed by atoms with Gasteiger partial charge in [0.05, 0.1) is 14.2 Å². The van der Waals surface area contributed by atoms with Crippen molar-refractivity contribution >= 4 is 0 Å². The zero-order valence-corrected chi connectivity index (χ0v) is 14.4. The molecular formula is C20H25NO2. The van der Waals surface area contributed by atoms with Crippen molar-refractivity contribution in [3.05, 3.63) is 58.7 Å². The molecule has 3 heteroatoms. The van der Waals surface area contributed by atoms with Gasteiger partial charge in [-0.2, -0.15) is 0 Å². The van der Waals surface area contributed by atoms with E-state index < -0.39 is 0 Å². The Morgan fingerprint density at radius 3 is 2.35 bits per heavy atom. The number of methoxy groups -OCH3 is 2. The molecule has 0 saturated carbocycles. The summed E-state index contributed by atoms with van der Waals surface area (Å²) < 4.78 is 10.9. The van der Waals surface area contributed by atoms with Gasteiger partial charge in [-0.3, -0.25) is 4.90 Å². The van der Waals surface area contributed by atoms with Crippen LogP contribution in [0.4, 0.5) is 0 Å². The Morgan fingerprint density at radius 2 is 1.70 bits per heavy atom. The highest BCUT2D eigenvalue weighted by Crippen LogP contribution is 2.38. The average molecular weight is 311 g/mol. The van der Waals surface area contributed by atoms with Gasteiger partial charge in [0, 0.05) is 19.1 Å². The lowest BCUT2D eigenvalue weighted by atomic mass is 9.92. The third-order valence-corrected chi connectivity index (χ3v) is 4.82. The first-order chi connectivity index (χ1) is 11.1. The van der Waals surface area contributed by atoms with Crippen molar-refractivity contribution in [2.75, 3.05) is 20.8 Å². The maximum absolute atomic E-state index is 5.47. The van der Waals surface area contributed by atoms with Crippen LogP contribution in [0.2, 0.25) is 0 Å². The first-order valence-corrected chi connectivity index (χ1v) is 8.16. The van der Waals surface area contributed by atoms with Crippen LogP contribution < -0.4 is 9.47 Å². The number of fused-ring (bicyclic) bond motifs is 1. The fraction of sp³-hybridized carbons (Fsp3) is 0.400. The van der Waals surface area contributed by atoms with Crippen LogP contribution in [0.3, 0.4) is 0 Å².